The normalized spacial score (nSPS) is 14.8. The molecule has 0 radical (unpaired) electrons. The lowest BCUT2D eigenvalue weighted by molar-refractivity contribution is -0.137. The highest BCUT2D eigenvalue weighted by Gasteiger charge is 2.26. The van der Waals surface area contributed by atoms with Crippen molar-refractivity contribution in [1.29, 1.82) is 0 Å². The summed E-state index contributed by atoms with van der Waals surface area (Å²) >= 11 is 0. The highest BCUT2D eigenvalue weighted by molar-refractivity contribution is 5.79. The highest BCUT2D eigenvalue weighted by atomic mass is 16.5. The predicted octanol–water partition coefficient (Wildman–Crippen LogP) is 5.51. The molecule has 6 heteroatoms. The summed E-state index contributed by atoms with van der Waals surface area (Å²) in [6.45, 7) is 7.38. The van der Waals surface area contributed by atoms with Crippen molar-refractivity contribution in [1.82, 2.24) is 9.55 Å². The van der Waals surface area contributed by atoms with Gasteiger partial charge < -0.3 is 15.2 Å². The number of carboxylic acids is 1. The van der Waals surface area contributed by atoms with E-state index in [1.165, 1.54) is 16.7 Å². The second-order valence-corrected chi connectivity index (χ2v) is 8.76. The van der Waals surface area contributed by atoms with E-state index < -0.39 is 5.97 Å². The molecule has 0 saturated carbocycles. The van der Waals surface area contributed by atoms with E-state index >= 15 is 0 Å². The summed E-state index contributed by atoms with van der Waals surface area (Å²) < 4.78 is 7.98. The van der Waals surface area contributed by atoms with Crippen LogP contribution in [0.2, 0.25) is 0 Å². The SMILES string of the molecule is Cc1ccc2nc(C)n(-c3cccc(CNc4ccc5c(c4)OC[C@H]5CC(=O)O)c3C)c2c1. The van der Waals surface area contributed by atoms with E-state index in [4.69, 9.17) is 14.8 Å². The lowest BCUT2D eigenvalue weighted by atomic mass is 9.98. The molecule has 4 aromatic rings. The first-order valence-electron chi connectivity index (χ1n) is 11.2. The van der Waals surface area contributed by atoms with E-state index in [1.807, 2.05) is 25.1 Å². The number of aryl methyl sites for hydroxylation is 2. The number of imidazole rings is 1. The molecule has 1 atom stereocenters. The lowest BCUT2D eigenvalue weighted by Gasteiger charge is -2.16. The van der Waals surface area contributed by atoms with Gasteiger partial charge in [-0.1, -0.05) is 24.3 Å². The number of aromatic nitrogens is 2. The Morgan fingerprint density at radius 1 is 1.15 bits per heavy atom. The smallest absolute Gasteiger partial charge is 0.304 e. The molecule has 1 aliphatic heterocycles. The molecule has 0 aliphatic carbocycles. The summed E-state index contributed by atoms with van der Waals surface area (Å²) in [6, 6.07) is 18.7. The van der Waals surface area contributed by atoms with Crippen LogP contribution < -0.4 is 10.1 Å². The van der Waals surface area contributed by atoms with Crippen LogP contribution in [-0.2, 0) is 11.3 Å². The topological polar surface area (TPSA) is 76.4 Å². The van der Waals surface area contributed by atoms with Crippen molar-refractivity contribution in [2.75, 3.05) is 11.9 Å². The number of hydrogen-bond acceptors (Lipinski definition) is 4. The number of ether oxygens (including phenoxy) is 1. The number of anilines is 1. The molecule has 2 heterocycles. The number of carbonyl (C=O) groups is 1. The van der Waals surface area contributed by atoms with Crippen molar-refractivity contribution >= 4 is 22.7 Å². The zero-order valence-corrected chi connectivity index (χ0v) is 19.1. The fraction of sp³-hybridized carbons (Fsp3) is 0.259. The summed E-state index contributed by atoms with van der Waals surface area (Å²) in [5.41, 5.74) is 8.79. The lowest BCUT2D eigenvalue weighted by Crippen LogP contribution is -2.07. The van der Waals surface area contributed by atoms with Crippen molar-refractivity contribution in [2.45, 2.75) is 39.7 Å². The van der Waals surface area contributed by atoms with E-state index in [-0.39, 0.29) is 12.3 Å². The number of aliphatic carboxylic acids is 1. The Bertz CT molecular complexity index is 1370. The zero-order chi connectivity index (χ0) is 23.1. The van der Waals surface area contributed by atoms with Crippen molar-refractivity contribution < 1.29 is 14.6 Å². The standard InChI is InChI=1S/C27H27N3O3/c1-16-7-10-23-25(11-16)30(18(3)29-23)24-6-4-5-19(17(24)2)14-28-21-8-9-22-20(12-27(31)32)15-33-26(22)13-21/h4-11,13,20,28H,12,14-15H2,1-3H3,(H,31,32)/t20-/m1/s1. The summed E-state index contributed by atoms with van der Waals surface area (Å²) in [5, 5.41) is 12.6. The number of nitrogens with zero attached hydrogens (tertiary/aromatic N) is 2. The van der Waals surface area contributed by atoms with E-state index in [0.29, 0.717) is 13.2 Å². The second-order valence-electron chi connectivity index (χ2n) is 8.76. The maximum absolute atomic E-state index is 11.1. The largest absolute Gasteiger partial charge is 0.493 e. The zero-order valence-electron chi connectivity index (χ0n) is 19.1. The third-order valence-electron chi connectivity index (χ3n) is 6.43. The van der Waals surface area contributed by atoms with Crippen molar-refractivity contribution in [2.24, 2.45) is 0 Å². The molecule has 168 valence electrons. The molecule has 2 N–H and O–H groups in total. The van der Waals surface area contributed by atoms with Crippen LogP contribution in [0.15, 0.2) is 54.6 Å². The van der Waals surface area contributed by atoms with Crippen LogP contribution in [-0.4, -0.2) is 27.2 Å². The fourth-order valence-electron chi connectivity index (χ4n) is 4.68. The minimum absolute atomic E-state index is 0.0812. The molecule has 1 aromatic heterocycles. The average molecular weight is 442 g/mol. The van der Waals surface area contributed by atoms with Gasteiger partial charge in [-0.05, 0) is 61.7 Å². The number of carboxylic acid groups (broad SMARTS) is 1. The van der Waals surface area contributed by atoms with Gasteiger partial charge in [0.05, 0.1) is 29.7 Å². The van der Waals surface area contributed by atoms with Crippen LogP contribution in [0.1, 0.15) is 40.4 Å². The van der Waals surface area contributed by atoms with E-state index in [1.54, 1.807) is 0 Å². The second kappa shape index (κ2) is 8.28. The third-order valence-corrected chi connectivity index (χ3v) is 6.43. The Balaban J connectivity index is 1.40. The van der Waals surface area contributed by atoms with Gasteiger partial charge in [-0.2, -0.15) is 0 Å². The first kappa shape index (κ1) is 21.1. The first-order chi connectivity index (χ1) is 15.9. The van der Waals surface area contributed by atoms with Crippen LogP contribution >= 0.6 is 0 Å². The fourth-order valence-corrected chi connectivity index (χ4v) is 4.68. The minimum Gasteiger partial charge on any atom is -0.493 e. The molecule has 5 rings (SSSR count). The maximum Gasteiger partial charge on any atom is 0.304 e. The summed E-state index contributed by atoms with van der Waals surface area (Å²) in [4.78, 5) is 15.8. The Hall–Kier alpha value is -3.80. The molecule has 0 saturated heterocycles. The Morgan fingerprint density at radius 3 is 2.82 bits per heavy atom. The first-order valence-corrected chi connectivity index (χ1v) is 11.2. The highest BCUT2D eigenvalue weighted by Crippen LogP contribution is 2.38. The molecule has 6 nitrogen and oxygen atoms in total. The van der Waals surface area contributed by atoms with Crippen molar-refractivity contribution in [3.05, 3.63) is 82.7 Å². The molecule has 0 unspecified atom stereocenters. The molecular formula is C27H27N3O3. The Morgan fingerprint density at radius 2 is 2.00 bits per heavy atom. The van der Waals surface area contributed by atoms with Crippen LogP contribution in [0.3, 0.4) is 0 Å². The van der Waals surface area contributed by atoms with Crippen molar-refractivity contribution in [3.63, 3.8) is 0 Å². The molecule has 33 heavy (non-hydrogen) atoms. The van der Waals surface area contributed by atoms with Gasteiger partial charge in [-0.25, -0.2) is 4.98 Å². The maximum atomic E-state index is 11.1. The summed E-state index contributed by atoms with van der Waals surface area (Å²) in [5.74, 6) is 0.857. The third kappa shape index (κ3) is 3.93. The van der Waals surface area contributed by atoms with E-state index in [2.05, 4.69) is 60.1 Å². The Labute approximate surface area is 192 Å². The summed E-state index contributed by atoms with van der Waals surface area (Å²) in [7, 11) is 0. The van der Waals surface area contributed by atoms with Crippen molar-refractivity contribution in [3.8, 4) is 11.4 Å². The quantitative estimate of drug-likeness (QED) is 0.412. The van der Waals surface area contributed by atoms with Gasteiger partial charge in [0.2, 0.25) is 0 Å². The van der Waals surface area contributed by atoms with Gasteiger partial charge in [0, 0.05) is 29.8 Å². The number of rotatable bonds is 6. The molecule has 1 aliphatic rings. The number of fused-ring (bicyclic) bond motifs is 2. The van der Waals surface area contributed by atoms with E-state index in [9.17, 15) is 4.79 Å². The Kier molecular flexibility index (Phi) is 5.29. The number of hydrogen-bond donors (Lipinski definition) is 2. The average Bonchev–Trinajstić information content (AvgIpc) is 3.32. The predicted molar refractivity (Wildman–Crippen MR) is 130 cm³/mol. The van der Waals surface area contributed by atoms with Gasteiger partial charge >= 0.3 is 5.97 Å². The van der Waals surface area contributed by atoms with Gasteiger partial charge in [0.15, 0.2) is 0 Å². The van der Waals surface area contributed by atoms with Gasteiger partial charge in [-0.15, -0.1) is 0 Å². The van der Waals surface area contributed by atoms with Crippen LogP contribution in [0.4, 0.5) is 5.69 Å². The van der Waals surface area contributed by atoms with Gasteiger partial charge in [0.25, 0.3) is 0 Å². The molecular weight excluding hydrogens is 414 g/mol. The molecule has 0 amide bonds. The van der Waals surface area contributed by atoms with Crippen LogP contribution in [0.25, 0.3) is 16.7 Å². The number of nitrogens with one attached hydrogen (secondary N) is 1. The minimum atomic E-state index is -0.801. The molecule has 3 aromatic carbocycles. The molecule has 0 spiro atoms. The monoisotopic (exact) mass is 441 g/mol. The van der Waals surface area contributed by atoms with Crippen LogP contribution in [0, 0.1) is 20.8 Å². The molecule has 0 fully saturated rings. The van der Waals surface area contributed by atoms with Gasteiger partial charge in [-0.3, -0.25) is 9.36 Å². The van der Waals surface area contributed by atoms with Crippen LogP contribution in [0.5, 0.6) is 5.75 Å². The summed E-state index contributed by atoms with van der Waals surface area (Å²) in [6.07, 6.45) is 0.0909. The number of benzene rings is 3. The van der Waals surface area contributed by atoms with E-state index in [0.717, 1.165) is 39.5 Å². The molecule has 0 bridgehead atoms. The van der Waals surface area contributed by atoms with Gasteiger partial charge in [0.1, 0.15) is 11.6 Å².